The van der Waals surface area contributed by atoms with E-state index < -0.39 is 0 Å². The van der Waals surface area contributed by atoms with Crippen molar-refractivity contribution < 1.29 is 4.42 Å². The van der Waals surface area contributed by atoms with E-state index in [2.05, 4.69) is 35.1 Å². The third-order valence-electron chi connectivity index (χ3n) is 3.67. The summed E-state index contributed by atoms with van der Waals surface area (Å²) in [6.45, 7) is 2.15. The molecule has 0 fully saturated rings. The number of fused-ring (bicyclic) bond motifs is 2. The lowest BCUT2D eigenvalue weighted by atomic mass is 10.1. The van der Waals surface area contributed by atoms with Crippen molar-refractivity contribution >= 4 is 22.0 Å². The fraction of sp³-hybridized carbons (Fsp3) is 0.118. The van der Waals surface area contributed by atoms with Gasteiger partial charge >= 0.3 is 0 Å². The molecule has 0 aliphatic heterocycles. The van der Waals surface area contributed by atoms with Crippen LogP contribution in [0.15, 0.2) is 52.9 Å². The van der Waals surface area contributed by atoms with Crippen molar-refractivity contribution in [3.8, 4) is 11.6 Å². The second-order valence-corrected chi connectivity index (χ2v) is 4.86. The molecule has 2 aromatic heterocycles. The summed E-state index contributed by atoms with van der Waals surface area (Å²) in [5, 5.41) is 1.24. The van der Waals surface area contributed by atoms with E-state index in [4.69, 9.17) is 4.42 Å². The number of para-hydroxylation sites is 3. The number of hydrogen-bond acceptors (Lipinski definition) is 2. The molecule has 20 heavy (non-hydrogen) atoms. The van der Waals surface area contributed by atoms with Crippen molar-refractivity contribution in [1.82, 2.24) is 9.97 Å². The molecule has 0 amide bonds. The molecular formula is C17H14N2O. The summed E-state index contributed by atoms with van der Waals surface area (Å²) in [6.07, 6.45) is 0.943. The van der Waals surface area contributed by atoms with Crippen molar-refractivity contribution in [2.45, 2.75) is 13.3 Å². The Morgan fingerprint density at radius 3 is 2.70 bits per heavy atom. The lowest BCUT2D eigenvalue weighted by molar-refractivity contribution is 0.616. The SMILES string of the molecule is CCc1c(-c2nc3ccccc3o2)[nH]c2ccccc12. The van der Waals surface area contributed by atoms with E-state index >= 15 is 0 Å². The highest BCUT2D eigenvalue weighted by Crippen LogP contribution is 2.31. The van der Waals surface area contributed by atoms with Crippen LogP contribution >= 0.6 is 0 Å². The molecule has 0 saturated carbocycles. The maximum absolute atomic E-state index is 5.88. The fourth-order valence-corrected chi connectivity index (χ4v) is 2.73. The Bertz CT molecular complexity index is 869. The van der Waals surface area contributed by atoms with Crippen molar-refractivity contribution in [1.29, 1.82) is 0 Å². The smallest absolute Gasteiger partial charge is 0.244 e. The number of oxazole rings is 1. The van der Waals surface area contributed by atoms with E-state index in [1.165, 1.54) is 10.9 Å². The van der Waals surface area contributed by atoms with E-state index in [0.29, 0.717) is 5.89 Å². The number of aryl methyl sites for hydroxylation is 1. The van der Waals surface area contributed by atoms with Crippen LogP contribution in [0, 0.1) is 0 Å². The maximum Gasteiger partial charge on any atom is 0.244 e. The van der Waals surface area contributed by atoms with Crippen LogP contribution in [0.4, 0.5) is 0 Å². The van der Waals surface area contributed by atoms with Gasteiger partial charge in [0.15, 0.2) is 5.58 Å². The lowest BCUT2D eigenvalue weighted by Gasteiger charge is -1.96. The third kappa shape index (κ3) is 1.56. The van der Waals surface area contributed by atoms with Gasteiger partial charge in [-0.25, -0.2) is 4.98 Å². The minimum absolute atomic E-state index is 0.666. The Balaban J connectivity index is 2.01. The van der Waals surface area contributed by atoms with E-state index in [-0.39, 0.29) is 0 Å². The third-order valence-corrected chi connectivity index (χ3v) is 3.67. The average molecular weight is 262 g/mol. The van der Waals surface area contributed by atoms with Crippen LogP contribution in [0.1, 0.15) is 12.5 Å². The molecule has 0 aliphatic carbocycles. The molecule has 0 radical (unpaired) electrons. The Hall–Kier alpha value is -2.55. The molecule has 0 atom stereocenters. The van der Waals surface area contributed by atoms with Crippen molar-refractivity contribution in [2.75, 3.05) is 0 Å². The Morgan fingerprint density at radius 2 is 1.85 bits per heavy atom. The minimum Gasteiger partial charge on any atom is -0.435 e. The predicted molar refractivity (Wildman–Crippen MR) is 80.7 cm³/mol. The van der Waals surface area contributed by atoms with Gasteiger partial charge in [0.25, 0.3) is 0 Å². The summed E-state index contributed by atoms with van der Waals surface area (Å²) < 4.78 is 5.88. The summed E-state index contributed by atoms with van der Waals surface area (Å²) in [5.74, 6) is 0.666. The van der Waals surface area contributed by atoms with Crippen LogP contribution in [0.5, 0.6) is 0 Å². The first kappa shape index (κ1) is 11.3. The second kappa shape index (κ2) is 4.23. The standard InChI is InChI=1S/C17H14N2O/c1-2-11-12-7-3-4-8-13(12)18-16(11)17-19-14-9-5-6-10-15(14)20-17/h3-10,18H,2H2,1H3. The quantitative estimate of drug-likeness (QED) is 0.576. The summed E-state index contributed by atoms with van der Waals surface area (Å²) in [4.78, 5) is 8.03. The molecule has 2 aromatic carbocycles. The molecule has 4 aromatic rings. The van der Waals surface area contributed by atoms with Gasteiger partial charge in [0.2, 0.25) is 5.89 Å². The normalized spacial score (nSPS) is 11.4. The van der Waals surface area contributed by atoms with Crippen LogP contribution in [-0.2, 0) is 6.42 Å². The number of aromatic amines is 1. The molecule has 4 rings (SSSR count). The van der Waals surface area contributed by atoms with Crippen LogP contribution in [0.25, 0.3) is 33.6 Å². The molecule has 98 valence electrons. The summed E-state index contributed by atoms with van der Waals surface area (Å²) >= 11 is 0. The van der Waals surface area contributed by atoms with Gasteiger partial charge in [-0.1, -0.05) is 37.3 Å². The summed E-state index contributed by atoms with van der Waals surface area (Å²) in [6, 6.07) is 16.2. The van der Waals surface area contributed by atoms with Crippen molar-refractivity contribution in [3.63, 3.8) is 0 Å². The van der Waals surface area contributed by atoms with E-state index in [1.807, 2.05) is 30.3 Å². The second-order valence-electron chi connectivity index (χ2n) is 4.86. The zero-order valence-corrected chi connectivity index (χ0v) is 11.2. The predicted octanol–water partition coefficient (Wildman–Crippen LogP) is 4.54. The number of aromatic nitrogens is 2. The van der Waals surface area contributed by atoms with Gasteiger partial charge < -0.3 is 9.40 Å². The van der Waals surface area contributed by atoms with E-state index in [1.54, 1.807) is 0 Å². The number of H-pyrrole nitrogens is 1. The van der Waals surface area contributed by atoms with Gasteiger partial charge in [-0.15, -0.1) is 0 Å². The molecule has 0 spiro atoms. The number of benzene rings is 2. The largest absolute Gasteiger partial charge is 0.435 e. The number of rotatable bonds is 2. The van der Waals surface area contributed by atoms with Crippen LogP contribution in [0.3, 0.4) is 0 Å². The number of nitrogens with zero attached hydrogens (tertiary/aromatic N) is 1. The number of hydrogen-bond donors (Lipinski definition) is 1. The van der Waals surface area contributed by atoms with E-state index in [0.717, 1.165) is 28.7 Å². The van der Waals surface area contributed by atoms with Crippen molar-refractivity contribution in [3.05, 3.63) is 54.1 Å². The Morgan fingerprint density at radius 1 is 1.05 bits per heavy atom. The summed E-state index contributed by atoms with van der Waals surface area (Å²) in [5.41, 5.74) is 5.09. The highest BCUT2D eigenvalue weighted by molar-refractivity contribution is 5.90. The van der Waals surface area contributed by atoms with Crippen LogP contribution < -0.4 is 0 Å². The first-order valence-electron chi connectivity index (χ1n) is 6.82. The van der Waals surface area contributed by atoms with Gasteiger partial charge in [-0.2, -0.15) is 0 Å². The van der Waals surface area contributed by atoms with Gasteiger partial charge in [0.1, 0.15) is 11.2 Å². The average Bonchev–Trinajstić information content (AvgIpc) is 3.07. The zero-order valence-electron chi connectivity index (χ0n) is 11.2. The molecule has 2 heterocycles. The molecule has 1 N–H and O–H groups in total. The highest BCUT2D eigenvalue weighted by atomic mass is 16.3. The first-order chi connectivity index (χ1) is 9.86. The maximum atomic E-state index is 5.88. The van der Waals surface area contributed by atoms with Crippen molar-refractivity contribution in [2.24, 2.45) is 0 Å². The van der Waals surface area contributed by atoms with Gasteiger partial charge in [-0.3, -0.25) is 0 Å². The van der Waals surface area contributed by atoms with Gasteiger partial charge in [0, 0.05) is 10.9 Å². The molecular weight excluding hydrogens is 248 g/mol. The number of nitrogens with one attached hydrogen (secondary N) is 1. The molecule has 0 aliphatic rings. The lowest BCUT2D eigenvalue weighted by Crippen LogP contribution is -1.84. The van der Waals surface area contributed by atoms with Gasteiger partial charge in [-0.05, 0) is 30.2 Å². The van der Waals surface area contributed by atoms with Crippen LogP contribution in [0.2, 0.25) is 0 Å². The highest BCUT2D eigenvalue weighted by Gasteiger charge is 2.16. The molecule has 3 nitrogen and oxygen atoms in total. The Labute approximate surface area is 116 Å². The molecule has 0 unspecified atom stereocenters. The molecule has 0 bridgehead atoms. The topological polar surface area (TPSA) is 41.8 Å². The minimum atomic E-state index is 0.666. The monoisotopic (exact) mass is 262 g/mol. The summed E-state index contributed by atoms with van der Waals surface area (Å²) in [7, 11) is 0. The fourth-order valence-electron chi connectivity index (χ4n) is 2.73. The first-order valence-corrected chi connectivity index (χ1v) is 6.82. The zero-order chi connectivity index (χ0) is 13.5. The van der Waals surface area contributed by atoms with Gasteiger partial charge in [0.05, 0.1) is 0 Å². The van der Waals surface area contributed by atoms with E-state index in [9.17, 15) is 0 Å². The Kier molecular flexibility index (Phi) is 2.39. The van der Waals surface area contributed by atoms with Crippen LogP contribution in [-0.4, -0.2) is 9.97 Å². The molecule has 0 saturated heterocycles. The molecule has 3 heteroatoms.